The molecular weight excluding hydrogens is 363 g/mol. The molecule has 2 aromatic rings. The summed E-state index contributed by atoms with van der Waals surface area (Å²) in [6.07, 6.45) is 0. The van der Waals surface area contributed by atoms with E-state index in [0.717, 1.165) is 16.4 Å². The zero-order valence-electron chi connectivity index (χ0n) is 10.9. The molecule has 0 radical (unpaired) electrons. The molecule has 3 N–H and O–H groups in total. The molecule has 0 amide bonds. The van der Waals surface area contributed by atoms with E-state index in [2.05, 4.69) is 15.9 Å². The van der Waals surface area contributed by atoms with Gasteiger partial charge in [0.2, 0.25) is 0 Å². The van der Waals surface area contributed by atoms with Crippen LogP contribution < -0.4 is 10.0 Å². The highest BCUT2D eigenvalue weighted by Gasteiger charge is 2.25. The normalized spacial score (nSPS) is 11.4. The molecule has 0 saturated carbocycles. The van der Waals surface area contributed by atoms with Crippen molar-refractivity contribution < 1.29 is 17.9 Å². The van der Waals surface area contributed by atoms with Gasteiger partial charge in [0.05, 0.1) is 15.8 Å². The predicted octanol–water partition coefficient (Wildman–Crippen LogP) is 2.70. The first kappa shape index (κ1) is 15.6. The molecule has 0 aliphatic heterocycles. The number of hydrogen-bond acceptors (Lipinski definition) is 4. The van der Waals surface area contributed by atoms with E-state index in [9.17, 15) is 17.9 Å². The van der Waals surface area contributed by atoms with Crippen molar-refractivity contribution in [1.82, 2.24) is 0 Å². The Bertz CT molecular complexity index is 796. The van der Waals surface area contributed by atoms with Gasteiger partial charge in [-0.15, -0.1) is 0 Å². The lowest BCUT2D eigenvalue weighted by atomic mass is 10.3. The van der Waals surface area contributed by atoms with Crippen LogP contribution in [0.3, 0.4) is 0 Å². The molecular formula is C13H12BrFN2O3S. The first-order valence-electron chi connectivity index (χ1n) is 5.76. The number of nitrogens with two attached hydrogens (primary N) is 1. The second-order valence-electron chi connectivity index (χ2n) is 4.30. The summed E-state index contributed by atoms with van der Waals surface area (Å²) < 4.78 is 39.4. The fourth-order valence-corrected chi connectivity index (χ4v) is 3.55. The molecule has 0 aliphatic carbocycles. The maximum absolute atomic E-state index is 13.4. The number of rotatable bonds is 3. The fourth-order valence-electron chi connectivity index (χ4n) is 1.74. The summed E-state index contributed by atoms with van der Waals surface area (Å²) >= 11 is 2.94. The third-order valence-corrected chi connectivity index (χ3v) is 5.33. The average Bonchev–Trinajstić information content (AvgIpc) is 2.41. The van der Waals surface area contributed by atoms with Gasteiger partial charge in [-0.2, -0.15) is 0 Å². The number of nitrogen functional groups attached to an aromatic ring is 1. The van der Waals surface area contributed by atoms with Gasteiger partial charge in [-0.25, -0.2) is 12.8 Å². The third kappa shape index (κ3) is 2.96. The van der Waals surface area contributed by atoms with Crippen molar-refractivity contribution >= 4 is 37.3 Å². The average molecular weight is 375 g/mol. The predicted molar refractivity (Wildman–Crippen MR) is 82.2 cm³/mol. The number of nitrogens with zero attached hydrogens (tertiary/aromatic N) is 1. The van der Waals surface area contributed by atoms with Crippen LogP contribution in [-0.2, 0) is 10.0 Å². The van der Waals surface area contributed by atoms with Gasteiger partial charge < -0.3 is 10.8 Å². The smallest absolute Gasteiger partial charge is 0.266 e. The number of hydrogen-bond donors (Lipinski definition) is 2. The van der Waals surface area contributed by atoms with Crippen LogP contribution in [0.15, 0.2) is 45.8 Å². The second kappa shape index (κ2) is 5.53. The van der Waals surface area contributed by atoms with Gasteiger partial charge in [-0.3, -0.25) is 4.31 Å². The number of aromatic hydroxyl groups is 1. The topological polar surface area (TPSA) is 83.6 Å². The Morgan fingerprint density at radius 2 is 1.95 bits per heavy atom. The summed E-state index contributed by atoms with van der Waals surface area (Å²) in [7, 11) is -2.66. The highest BCUT2D eigenvalue weighted by atomic mass is 79.9. The molecule has 0 fully saturated rings. The zero-order chi connectivity index (χ0) is 15.8. The molecule has 2 aromatic carbocycles. The van der Waals surface area contributed by atoms with Crippen LogP contribution in [0.2, 0.25) is 0 Å². The third-order valence-electron chi connectivity index (χ3n) is 2.88. The van der Waals surface area contributed by atoms with Crippen LogP contribution in [0.1, 0.15) is 0 Å². The van der Waals surface area contributed by atoms with Gasteiger partial charge in [0.1, 0.15) is 16.5 Å². The Balaban J connectivity index is 2.54. The van der Waals surface area contributed by atoms with Crippen LogP contribution in [0, 0.1) is 5.82 Å². The first-order chi connectivity index (χ1) is 9.73. The standard InChI is InChI=1S/C13H12BrFN2O3S/c1-17(8-3-2-4-9(18)5-8)21(19,20)13-6-10(14)11(15)7-12(13)16/h2-7,18H,16H2,1H3. The highest BCUT2D eigenvalue weighted by molar-refractivity contribution is 9.10. The highest BCUT2D eigenvalue weighted by Crippen LogP contribution is 2.31. The molecule has 2 rings (SSSR count). The summed E-state index contributed by atoms with van der Waals surface area (Å²) in [6.45, 7) is 0. The molecule has 0 aromatic heterocycles. The summed E-state index contributed by atoms with van der Waals surface area (Å²) in [6, 6.07) is 7.80. The summed E-state index contributed by atoms with van der Waals surface area (Å²) in [5, 5.41) is 9.43. The molecule has 0 saturated heterocycles. The van der Waals surface area contributed by atoms with Gasteiger partial charge in [0.25, 0.3) is 10.0 Å². The van der Waals surface area contributed by atoms with Crippen molar-refractivity contribution in [2.45, 2.75) is 4.90 Å². The minimum Gasteiger partial charge on any atom is -0.508 e. The van der Waals surface area contributed by atoms with E-state index < -0.39 is 15.8 Å². The zero-order valence-corrected chi connectivity index (χ0v) is 13.3. The Morgan fingerprint density at radius 1 is 1.29 bits per heavy atom. The number of sulfonamides is 1. The number of phenols is 1. The van der Waals surface area contributed by atoms with E-state index in [-0.39, 0.29) is 26.5 Å². The molecule has 0 unspecified atom stereocenters. The lowest BCUT2D eigenvalue weighted by Crippen LogP contribution is -2.27. The number of phenolic OH excluding ortho intramolecular Hbond substituents is 1. The number of anilines is 2. The van der Waals surface area contributed by atoms with E-state index in [4.69, 9.17) is 5.73 Å². The fraction of sp³-hybridized carbons (Fsp3) is 0.0769. The van der Waals surface area contributed by atoms with Crippen molar-refractivity contribution in [2.24, 2.45) is 0 Å². The molecule has 5 nitrogen and oxygen atoms in total. The number of benzene rings is 2. The molecule has 0 heterocycles. The van der Waals surface area contributed by atoms with E-state index in [1.807, 2.05) is 0 Å². The van der Waals surface area contributed by atoms with Gasteiger partial charge in [-0.1, -0.05) is 6.07 Å². The lowest BCUT2D eigenvalue weighted by Gasteiger charge is -2.20. The first-order valence-corrected chi connectivity index (χ1v) is 7.99. The molecule has 0 spiro atoms. The van der Waals surface area contributed by atoms with E-state index in [1.165, 1.54) is 31.3 Å². The Labute approximate surface area is 130 Å². The van der Waals surface area contributed by atoms with Crippen LogP contribution in [0.5, 0.6) is 5.75 Å². The minimum absolute atomic E-state index is 0.000385. The summed E-state index contributed by atoms with van der Waals surface area (Å²) in [4.78, 5) is -0.221. The van der Waals surface area contributed by atoms with Crippen molar-refractivity contribution in [3.8, 4) is 5.75 Å². The van der Waals surface area contributed by atoms with Crippen molar-refractivity contribution in [2.75, 3.05) is 17.1 Å². The second-order valence-corrected chi connectivity index (χ2v) is 7.09. The van der Waals surface area contributed by atoms with Gasteiger partial charge >= 0.3 is 0 Å². The van der Waals surface area contributed by atoms with Gasteiger partial charge in [0, 0.05) is 13.1 Å². The van der Waals surface area contributed by atoms with E-state index in [0.29, 0.717) is 0 Å². The molecule has 8 heteroatoms. The molecule has 0 bridgehead atoms. The van der Waals surface area contributed by atoms with Crippen LogP contribution in [-0.4, -0.2) is 20.6 Å². The van der Waals surface area contributed by atoms with Crippen LogP contribution in [0.4, 0.5) is 15.8 Å². The minimum atomic E-state index is -3.98. The van der Waals surface area contributed by atoms with Crippen molar-refractivity contribution in [3.63, 3.8) is 0 Å². The largest absolute Gasteiger partial charge is 0.508 e. The quantitative estimate of drug-likeness (QED) is 0.808. The monoisotopic (exact) mass is 374 g/mol. The van der Waals surface area contributed by atoms with Gasteiger partial charge in [-0.05, 0) is 40.2 Å². The SMILES string of the molecule is CN(c1cccc(O)c1)S(=O)(=O)c1cc(Br)c(F)cc1N. The Morgan fingerprint density at radius 3 is 2.57 bits per heavy atom. The Kier molecular flexibility index (Phi) is 4.11. The molecule has 0 atom stereocenters. The lowest BCUT2D eigenvalue weighted by molar-refractivity contribution is 0.475. The van der Waals surface area contributed by atoms with Crippen molar-refractivity contribution in [1.29, 1.82) is 0 Å². The van der Waals surface area contributed by atoms with Crippen molar-refractivity contribution in [3.05, 3.63) is 46.7 Å². The maximum Gasteiger partial charge on any atom is 0.266 e. The summed E-state index contributed by atoms with van der Waals surface area (Å²) in [5.41, 5.74) is 5.67. The maximum atomic E-state index is 13.4. The Hall–Kier alpha value is -1.80. The van der Waals surface area contributed by atoms with Crippen LogP contribution >= 0.6 is 15.9 Å². The van der Waals surface area contributed by atoms with E-state index in [1.54, 1.807) is 0 Å². The molecule has 112 valence electrons. The van der Waals surface area contributed by atoms with E-state index >= 15 is 0 Å². The number of halogens is 2. The molecule has 21 heavy (non-hydrogen) atoms. The summed E-state index contributed by atoms with van der Waals surface area (Å²) in [5.74, 6) is -0.714. The molecule has 0 aliphatic rings. The van der Waals surface area contributed by atoms with Gasteiger partial charge in [0.15, 0.2) is 0 Å². The van der Waals surface area contributed by atoms with Crippen LogP contribution in [0.25, 0.3) is 0 Å².